The number of amides is 1. The van der Waals surface area contributed by atoms with Gasteiger partial charge in [-0.3, -0.25) is 4.79 Å². The molecule has 0 saturated carbocycles. The van der Waals surface area contributed by atoms with Crippen LogP contribution in [-0.2, 0) is 6.42 Å². The first-order valence-electron chi connectivity index (χ1n) is 9.35. The van der Waals surface area contributed by atoms with Crippen molar-refractivity contribution in [2.24, 2.45) is 0 Å². The van der Waals surface area contributed by atoms with Crippen LogP contribution in [0, 0.1) is 5.82 Å². The van der Waals surface area contributed by atoms with E-state index >= 15 is 0 Å². The van der Waals surface area contributed by atoms with Crippen LogP contribution in [0.5, 0.6) is 0 Å². The molecule has 1 saturated heterocycles. The molecule has 0 bridgehead atoms. The number of likely N-dealkylation sites (tertiary alicyclic amines) is 1. The Morgan fingerprint density at radius 3 is 2.89 bits per heavy atom. The summed E-state index contributed by atoms with van der Waals surface area (Å²) in [5.41, 5.74) is 1.44. The first-order chi connectivity index (χ1) is 13.7. The number of carbonyl (C=O) groups is 1. The van der Waals surface area contributed by atoms with Crippen LogP contribution in [0.4, 0.5) is 4.39 Å². The molecular formula is C19H20FN5O2S. The van der Waals surface area contributed by atoms with Gasteiger partial charge in [-0.15, -0.1) is 15.3 Å². The molecule has 146 valence electrons. The van der Waals surface area contributed by atoms with E-state index in [1.807, 2.05) is 4.90 Å². The van der Waals surface area contributed by atoms with Crippen LogP contribution >= 0.6 is 11.5 Å². The Labute approximate surface area is 165 Å². The fourth-order valence-electron chi connectivity index (χ4n) is 3.39. The fourth-order valence-corrected chi connectivity index (χ4v) is 4.06. The van der Waals surface area contributed by atoms with Crippen molar-refractivity contribution >= 4 is 17.4 Å². The number of benzene rings is 1. The number of aromatic nitrogens is 4. The van der Waals surface area contributed by atoms with Crippen LogP contribution < -0.4 is 0 Å². The van der Waals surface area contributed by atoms with E-state index in [-0.39, 0.29) is 17.6 Å². The third kappa shape index (κ3) is 3.80. The summed E-state index contributed by atoms with van der Waals surface area (Å²) in [6.07, 6.45) is 3.40. The third-order valence-corrected chi connectivity index (χ3v) is 5.58. The molecule has 1 atom stereocenters. The summed E-state index contributed by atoms with van der Waals surface area (Å²) in [6.45, 7) is 3.27. The average Bonchev–Trinajstić information content (AvgIpc) is 3.38. The van der Waals surface area contributed by atoms with E-state index in [4.69, 9.17) is 4.42 Å². The molecule has 1 fully saturated rings. The molecule has 1 aromatic carbocycles. The van der Waals surface area contributed by atoms with Crippen molar-refractivity contribution in [3.8, 4) is 11.5 Å². The number of aryl methyl sites for hydroxylation is 1. The summed E-state index contributed by atoms with van der Waals surface area (Å²) in [5, 5.41) is 12.4. The van der Waals surface area contributed by atoms with Gasteiger partial charge in [0.15, 0.2) is 0 Å². The maximum absolute atomic E-state index is 13.1. The van der Waals surface area contributed by atoms with Crippen LogP contribution in [0.1, 0.15) is 53.4 Å². The Balaban J connectivity index is 1.49. The second-order valence-electron chi connectivity index (χ2n) is 6.84. The van der Waals surface area contributed by atoms with Crippen molar-refractivity contribution in [1.29, 1.82) is 0 Å². The Kier molecular flexibility index (Phi) is 5.43. The standard InChI is InChI=1S/C19H20FN5O2S/c1-2-4-15-16(28-24-21-15)19(26)25-10-3-5-13(11-25)18-23-22-17(27-18)12-6-8-14(20)9-7-12/h6-9,13H,2-5,10-11H2,1H3. The van der Waals surface area contributed by atoms with Gasteiger partial charge in [0.25, 0.3) is 5.91 Å². The molecule has 1 aliphatic heterocycles. The number of nitrogens with zero attached hydrogens (tertiary/aromatic N) is 5. The summed E-state index contributed by atoms with van der Waals surface area (Å²) in [7, 11) is 0. The number of hydrogen-bond donors (Lipinski definition) is 0. The minimum absolute atomic E-state index is 0.0186. The molecule has 1 unspecified atom stereocenters. The van der Waals surface area contributed by atoms with Crippen molar-refractivity contribution < 1.29 is 13.6 Å². The van der Waals surface area contributed by atoms with Crippen LogP contribution in [0.3, 0.4) is 0 Å². The molecule has 2 aromatic heterocycles. The number of halogens is 1. The van der Waals surface area contributed by atoms with Crippen LogP contribution in [0.15, 0.2) is 28.7 Å². The van der Waals surface area contributed by atoms with E-state index in [0.29, 0.717) is 35.3 Å². The van der Waals surface area contributed by atoms with Gasteiger partial charge in [0, 0.05) is 18.7 Å². The Morgan fingerprint density at radius 2 is 2.11 bits per heavy atom. The molecule has 0 spiro atoms. The molecule has 28 heavy (non-hydrogen) atoms. The van der Waals surface area contributed by atoms with E-state index in [1.54, 1.807) is 12.1 Å². The normalized spacial score (nSPS) is 17.1. The summed E-state index contributed by atoms with van der Waals surface area (Å²) in [6, 6.07) is 5.93. The molecule has 7 nitrogen and oxygen atoms in total. The number of hydrogen-bond acceptors (Lipinski definition) is 7. The van der Waals surface area contributed by atoms with Gasteiger partial charge in [-0.05, 0) is 55.1 Å². The molecule has 3 aromatic rings. The Morgan fingerprint density at radius 1 is 1.29 bits per heavy atom. The van der Waals surface area contributed by atoms with Crippen molar-refractivity contribution in [2.75, 3.05) is 13.1 Å². The predicted molar refractivity (Wildman–Crippen MR) is 101 cm³/mol. The van der Waals surface area contributed by atoms with Crippen LogP contribution in [0.25, 0.3) is 11.5 Å². The molecule has 0 radical (unpaired) electrons. The zero-order chi connectivity index (χ0) is 19.5. The van der Waals surface area contributed by atoms with Crippen LogP contribution in [-0.4, -0.2) is 43.7 Å². The summed E-state index contributed by atoms with van der Waals surface area (Å²) in [5.74, 6) is 0.504. The topological polar surface area (TPSA) is 85.0 Å². The second kappa shape index (κ2) is 8.14. The molecule has 1 amide bonds. The van der Waals surface area contributed by atoms with Crippen molar-refractivity contribution in [3.63, 3.8) is 0 Å². The molecule has 1 aliphatic rings. The van der Waals surface area contributed by atoms with E-state index in [2.05, 4.69) is 26.7 Å². The van der Waals surface area contributed by atoms with E-state index in [9.17, 15) is 9.18 Å². The van der Waals surface area contributed by atoms with Gasteiger partial charge in [0.2, 0.25) is 11.8 Å². The summed E-state index contributed by atoms with van der Waals surface area (Å²) in [4.78, 5) is 15.4. The highest BCUT2D eigenvalue weighted by Gasteiger charge is 2.31. The van der Waals surface area contributed by atoms with Gasteiger partial charge in [0.05, 0.1) is 11.6 Å². The van der Waals surface area contributed by atoms with Gasteiger partial charge in [0.1, 0.15) is 10.7 Å². The largest absolute Gasteiger partial charge is 0.420 e. The Hall–Kier alpha value is -2.68. The molecule has 3 heterocycles. The van der Waals surface area contributed by atoms with Gasteiger partial charge < -0.3 is 9.32 Å². The quantitative estimate of drug-likeness (QED) is 0.648. The maximum atomic E-state index is 13.1. The molecule has 0 N–H and O–H groups in total. The first kappa shape index (κ1) is 18.7. The van der Waals surface area contributed by atoms with Gasteiger partial charge in [-0.25, -0.2) is 4.39 Å². The monoisotopic (exact) mass is 401 g/mol. The zero-order valence-electron chi connectivity index (χ0n) is 15.5. The summed E-state index contributed by atoms with van der Waals surface area (Å²) < 4.78 is 22.9. The predicted octanol–water partition coefficient (Wildman–Crippen LogP) is 3.70. The van der Waals surface area contributed by atoms with Gasteiger partial charge in [-0.2, -0.15) is 0 Å². The first-order valence-corrected chi connectivity index (χ1v) is 10.1. The van der Waals surface area contributed by atoms with Gasteiger partial charge >= 0.3 is 0 Å². The SMILES string of the molecule is CCCc1nnsc1C(=O)N1CCCC(c2nnc(-c3ccc(F)cc3)o2)C1. The smallest absolute Gasteiger partial charge is 0.267 e. The Bertz CT molecular complexity index is 955. The lowest BCUT2D eigenvalue weighted by molar-refractivity contribution is 0.0702. The third-order valence-electron chi connectivity index (χ3n) is 4.83. The van der Waals surface area contributed by atoms with Crippen molar-refractivity contribution in [1.82, 2.24) is 24.7 Å². The van der Waals surface area contributed by atoms with Crippen molar-refractivity contribution in [3.05, 3.63) is 46.5 Å². The van der Waals surface area contributed by atoms with E-state index < -0.39 is 0 Å². The lowest BCUT2D eigenvalue weighted by atomic mass is 9.97. The molecular weight excluding hydrogens is 381 g/mol. The minimum Gasteiger partial charge on any atom is -0.420 e. The van der Waals surface area contributed by atoms with Crippen molar-refractivity contribution in [2.45, 2.75) is 38.5 Å². The molecule has 4 rings (SSSR count). The fraction of sp³-hybridized carbons (Fsp3) is 0.421. The average molecular weight is 401 g/mol. The lowest BCUT2D eigenvalue weighted by Gasteiger charge is -2.30. The number of carbonyl (C=O) groups excluding carboxylic acids is 1. The maximum Gasteiger partial charge on any atom is 0.267 e. The highest BCUT2D eigenvalue weighted by Crippen LogP contribution is 2.30. The second-order valence-corrected chi connectivity index (χ2v) is 7.60. The number of rotatable bonds is 5. The highest BCUT2D eigenvalue weighted by molar-refractivity contribution is 7.08. The van der Waals surface area contributed by atoms with Gasteiger partial charge in [-0.1, -0.05) is 17.8 Å². The highest BCUT2D eigenvalue weighted by atomic mass is 32.1. The summed E-state index contributed by atoms with van der Waals surface area (Å²) >= 11 is 1.16. The number of piperidine rings is 1. The molecule has 0 aliphatic carbocycles. The minimum atomic E-state index is -0.315. The molecule has 9 heteroatoms. The zero-order valence-corrected chi connectivity index (χ0v) is 16.3. The van der Waals surface area contributed by atoms with E-state index in [1.165, 1.54) is 12.1 Å². The van der Waals surface area contributed by atoms with Crippen LogP contribution in [0.2, 0.25) is 0 Å². The lowest BCUT2D eigenvalue weighted by Crippen LogP contribution is -2.39. The van der Waals surface area contributed by atoms with E-state index in [0.717, 1.165) is 42.9 Å².